The van der Waals surface area contributed by atoms with Crippen molar-refractivity contribution in [2.75, 3.05) is 7.11 Å². The van der Waals surface area contributed by atoms with Crippen LogP contribution in [-0.4, -0.2) is 52.5 Å². The van der Waals surface area contributed by atoms with Crippen LogP contribution in [0.4, 0.5) is 0 Å². The standard InChI is InChI=1S/C18H18O7/c1-10-6-7-14(20)17(22)13(19)5-3-4-11-8-12(24-2)9-15(21)16(11)18(23)25-10/h3-4,8-10,13,17,19,21-22H,5H2,1-2H3/b4-3+/t10-,13-,17-/m0/s1. The lowest BCUT2D eigenvalue weighted by molar-refractivity contribution is -0.126. The van der Waals surface area contributed by atoms with E-state index >= 15 is 0 Å². The Morgan fingerprint density at radius 3 is 2.68 bits per heavy atom. The minimum absolute atomic E-state index is 0.0589. The zero-order valence-electron chi connectivity index (χ0n) is 13.7. The molecule has 25 heavy (non-hydrogen) atoms. The summed E-state index contributed by atoms with van der Waals surface area (Å²) in [6.07, 6.45) is -1.12. The maximum atomic E-state index is 12.3. The molecule has 0 saturated heterocycles. The molecule has 0 saturated carbocycles. The van der Waals surface area contributed by atoms with Crippen LogP contribution in [0.5, 0.6) is 11.5 Å². The first-order chi connectivity index (χ1) is 11.8. The third-order valence-electron chi connectivity index (χ3n) is 3.55. The van der Waals surface area contributed by atoms with E-state index in [0.29, 0.717) is 11.3 Å². The van der Waals surface area contributed by atoms with Crippen molar-refractivity contribution >= 4 is 17.8 Å². The summed E-state index contributed by atoms with van der Waals surface area (Å²) in [7, 11) is 1.41. The van der Waals surface area contributed by atoms with Crippen LogP contribution in [0.25, 0.3) is 6.08 Å². The Morgan fingerprint density at radius 1 is 1.28 bits per heavy atom. The highest BCUT2D eigenvalue weighted by Crippen LogP contribution is 2.30. The molecule has 1 heterocycles. The van der Waals surface area contributed by atoms with Crippen molar-refractivity contribution in [1.82, 2.24) is 0 Å². The fourth-order valence-electron chi connectivity index (χ4n) is 2.23. The molecule has 3 atom stereocenters. The Morgan fingerprint density at radius 2 is 2.00 bits per heavy atom. The molecular formula is C18H18O7. The fraction of sp³-hybridized carbons (Fsp3) is 0.333. The molecule has 0 bridgehead atoms. The minimum Gasteiger partial charge on any atom is -0.507 e. The Kier molecular flexibility index (Phi) is 5.80. The van der Waals surface area contributed by atoms with E-state index in [1.54, 1.807) is 0 Å². The summed E-state index contributed by atoms with van der Waals surface area (Å²) < 4.78 is 10.2. The van der Waals surface area contributed by atoms with Gasteiger partial charge in [0.2, 0.25) is 5.78 Å². The molecule has 2 rings (SSSR count). The Balaban J connectivity index is 2.52. The number of ether oxygens (including phenoxy) is 2. The van der Waals surface area contributed by atoms with Gasteiger partial charge in [-0.2, -0.15) is 0 Å². The van der Waals surface area contributed by atoms with Crippen molar-refractivity contribution in [3.05, 3.63) is 29.3 Å². The monoisotopic (exact) mass is 346 g/mol. The number of aromatic hydroxyl groups is 1. The zero-order valence-corrected chi connectivity index (χ0v) is 13.7. The van der Waals surface area contributed by atoms with Crippen molar-refractivity contribution < 1.29 is 34.4 Å². The van der Waals surface area contributed by atoms with Crippen LogP contribution in [-0.2, 0) is 9.53 Å². The molecule has 132 valence electrons. The van der Waals surface area contributed by atoms with E-state index in [2.05, 4.69) is 11.8 Å². The van der Waals surface area contributed by atoms with Gasteiger partial charge in [0, 0.05) is 6.07 Å². The van der Waals surface area contributed by atoms with Crippen LogP contribution in [0, 0.1) is 11.8 Å². The lowest BCUT2D eigenvalue weighted by atomic mass is 10.0. The molecule has 1 aliphatic heterocycles. The number of hydrogen-bond donors (Lipinski definition) is 3. The second-order valence-electron chi connectivity index (χ2n) is 5.44. The van der Waals surface area contributed by atoms with Crippen LogP contribution in [0.15, 0.2) is 18.2 Å². The van der Waals surface area contributed by atoms with Crippen LogP contribution in [0.1, 0.15) is 29.3 Å². The number of ketones is 1. The van der Waals surface area contributed by atoms with Gasteiger partial charge in [0.1, 0.15) is 17.1 Å². The van der Waals surface area contributed by atoms with E-state index < -0.39 is 30.1 Å². The lowest BCUT2D eigenvalue weighted by Gasteiger charge is -2.13. The van der Waals surface area contributed by atoms with Crippen molar-refractivity contribution in [3.63, 3.8) is 0 Å². The first-order valence-corrected chi connectivity index (χ1v) is 7.53. The van der Waals surface area contributed by atoms with E-state index in [4.69, 9.17) is 9.47 Å². The zero-order chi connectivity index (χ0) is 18.6. The van der Waals surface area contributed by atoms with E-state index in [9.17, 15) is 24.9 Å². The highest BCUT2D eigenvalue weighted by atomic mass is 16.5. The average Bonchev–Trinajstić information content (AvgIpc) is 2.57. The topological polar surface area (TPSA) is 113 Å². The number of aliphatic hydroxyl groups is 2. The van der Waals surface area contributed by atoms with Gasteiger partial charge in [-0.1, -0.05) is 18.1 Å². The number of hydrogen-bond acceptors (Lipinski definition) is 7. The van der Waals surface area contributed by atoms with Crippen molar-refractivity contribution in [3.8, 4) is 23.3 Å². The van der Waals surface area contributed by atoms with Gasteiger partial charge in [-0.15, -0.1) is 0 Å². The van der Waals surface area contributed by atoms with Crippen LogP contribution < -0.4 is 4.74 Å². The van der Waals surface area contributed by atoms with E-state index in [1.165, 1.54) is 38.3 Å². The number of phenols is 1. The lowest BCUT2D eigenvalue weighted by Crippen LogP contribution is -2.32. The summed E-state index contributed by atoms with van der Waals surface area (Å²) in [6, 6.07) is 2.78. The quantitative estimate of drug-likeness (QED) is 0.389. The van der Waals surface area contributed by atoms with Gasteiger partial charge < -0.3 is 24.8 Å². The van der Waals surface area contributed by atoms with Crippen LogP contribution in [0.3, 0.4) is 0 Å². The number of aliphatic hydroxyl groups excluding tert-OH is 2. The molecule has 0 amide bonds. The second-order valence-corrected chi connectivity index (χ2v) is 5.44. The van der Waals surface area contributed by atoms with Crippen molar-refractivity contribution in [2.24, 2.45) is 0 Å². The molecule has 7 nitrogen and oxygen atoms in total. The van der Waals surface area contributed by atoms with Gasteiger partial charge in [-0.05, 0) is 30.9 Å². The fourth-order valence-corrected chi connectivity index (χ4v) is 2.23. The summed E-state index contributed by atoms with van der Waals surface area (Å²) in [6.45, 7) is 1.44. The molecule has 0 spiro atoms. The number of benzene rings is 1. The van der Waals surface area contributed by atoms with Gasteiger partial charge in [-0.3, -0.25) is 4.79 Å². The maximum absolute atomic E-state index is 12.3. The molecule has 0 unspecified atom stereocenters. The Labute approximate surface area is 144 Å². The number of rotatable bonds is 1. The van der Waals surface area contributed by atoms with E-state index in [-0.39, 0.29) is 17.7 Å². The van der Waals surface area contributed by atoms with E-state index in [0.717, 1.165) is 0 Å². The number of Topliss-reactive ketones (excluding diaryl/α,β-unsaturated/α-hetero) is 1. The number of methoxy groups -OCH3 is 1. The van der Waals surface area contributed by atoms with Gasteiger partial charge in [0.25, 0.3) is 0 Å². The normalized spacial score (nSPS) is 25.2. The molecule has 1 aliphatic rings. The molecule has 7 heteroatoms. The molecule has 0 radical (unpaired) electrons. The predicted octanol–water partition coefficient (Wildman–Crippen LogP) is 0.657. The predicted molar refractivity (Wildman–Crippen MR) is 88.0 cm³/mol. The summed E-state index contributed by atoms with van der Waals surface area (Å²) in [5.41, 5.74) is 0.209. The molecule has 0 fully saturated rings. The third-order valence-corrected chi connectivity index (χ3v) is 3.55. The number of phenolic OH excluding ortho intramolecular Hbond substituents is 1. The Bertz CT molecular complexity index is 770. The molecule has 1 aromatic carbocycles. The minimum atomic E-state index is -1.67. The highest BCUT2D eigenvalue weighted by molar-refractivity contribution is 6.00. The number of carbonyl (C=O) groups is 2. The SMILES string of the molecule is COc1cc(O)c2c(c1)/C=C/C[C@H](O)[C@H](O)C(=O)C#C[C@H](C)OC2=O. The summed E-state index contributed by atoms with van der Waals surface area (Å²) in [4.78, 5) is 24.0. The van der Waals surface area contributed by atoms with Gasteiger partial charge >= 0.3 is 5.97 Å². The van der Waals surface area contributed by atoms with Crippen LogP contribution >= 0.6 is 0 Å². The van der Waals surface area contributed by atoms with Gasteiger partial charge in [-0.25, -0.2) is 4.79 Å². The number of fused-ring (bicyclic) bond motifs is 1. The molecule has 0 aromatic heterocycles. The second kappa shape index (κ2) is 7.83. The third kappa shape index (κ3) is 4.38. The molecule has 0 aliphatic carbocycles. The maximum Gasteiger partial charge on any atom is 0.343 e. The summed E-state index contributed by atoms with van der Waals surface area (Å²) in [5.74, 6) is 2.82. The van der Waals surface area contributed by atoms with Gasteiger partial charge in [0.05, 0.1) is 13.2 Å². The smallest absolute Gasteiger partial charge is 0.343 e. The highest BCUT2D eigenvalue weighted by Gasteiger charge is 2.24. The largest absolute Gasteiger partial charge is 0.507 e. The molecule has 3 N–H and O–H groups in total. The first-order valence-electron chi connectivity index (χ1n) is 7.53. The molecule has 1 aromatic rings. The number of carbonyl (C=O) groups excluding carboxylic acids is 2. The van der Waals surface area contributed by atoms with Crippen molar-refractivity contribution in [1.29, 1.82) is 0 Å². The number of esters is 1. The number of cyclic esters (lactones) is 1. The van der Waals surface area contributed by atoms with Gasteiger partial charge in [0.15, 0.2) is 12.2 Å². The summed E-state index contributed by atoms with van der Waals surface area (Å²) in [5, 5.41) is 29.7. The average molecular weight is 346 g/mol. The first kappa shape index (κ1) is 18.5. The molecular weight excluding hydrogens is 328 g/mol. The Hall–Kier alpha value is -2.82. The van der Waals surface area contributed by atoms with E-state index in [1.807, 2.05) is 0 Å². The van der Waals surface area contributed by atoms with Crippen molar-refractivity contribution in [2.45, 2.75) is 31.7 Å². The summed E-state index contributed by atoms with van der Waals surface area (Å²) >= 11 is 0. The van der Waals surface area contributed by atoms with Crippen LogP contribution in [0.2, 0.25) is 0 Å².